The van der Waals surface area contributed by atoms with Crippen LogP contribution < -0.4 is 0 Å². The van der Waals surface area contributed by atoms with E-state index < -0.39 is 4.92 Å². The zero-order chi connectivity index (χ0) is 16.9. The van der Waals surface area contributed by atoms with Crippen molar-refractivity contribution in [3.63, 3.8) is 0 Å². The number of non-ortho nitro benzene ring substituents is 1. The molecule has 0 radical (unpaired) electrons. The van der Waals surface area contributed by atoms with Gasteiger partial charge in [0.15, 0.2) is 6.29 Å². The molecule has 2 heterocycles. The van der Waals surface area contributed by atoms with E-state index in [1.54, 1.807) is 12.1 Å². The zero-order valence-electron chi connectivity index (χ0n) is 13.3. The number of nitro groups is 1. The minimum absolute atomic E-state index is 0.0594. The van der Waals surface area contributed by atoms with Crippen LogP contribution in [0, 0.1) is 16.0 Å². The lowest BCUT2D eigenvalue weighted by atomic mass is 9.96. The number of nitro benzene ring substituents is 1. The summed E-state index contributed by atoms with van der Waals surface area (Å²) in [4.78, 5) is 25.2. The summed E-state index contributed by atoms with van der Waals surface area (Å²) in [6.45, 7) is 2.78. The van der Waals surface area contributed by atoms with Crippen molar-refractivity contribution >= 4 is 23.4 Å². The number of hydrogen-bond acceptors (Lipinski definition) is 6. The molecule has 8 heteroatoms. The van der Waals surface area contributed by atoms with Crippen LogP contribution in [0.3, 0.4) is 0 Å². The molecule has 0 saturated carbocycles. The van der Waals surface area contributed by atoms with E-state index in [0.29, 0.717) is 24.9 Å². The number of benzene rings is 1. The van der Waals surface area contributed by atoms with Gasteiger partial charge in [-0.2, -0.15) is 0 Å². The predicted molar refractivity (Wildman–Crippen MR) is 88.8 cm³/mol. The van der Waals surface area contributed by atoms with Crippen LogP contribution in [0.4, 0.5) is 5.69 Å². The summed E-state index contributed by atoms with van der Waals surface area (Å²) in [7, 11) is 0. The van der Waals surface area contributed by atoms with Gasteiger partial charge in [0.05, 0.1) is 23.9 Å². The van der Waals surface area contributed by atoms with Crippen LogP contribution in [0.15, 0.2) is 29.2 Å². The van der Waals surface area contributed by atoms with E-state index in [4.69, 9.17) is 9.47 Å². The molecule has 2 fully saturated rings. The van der Waals surface area contributed by atoms with Crippen LogP contribution in [0.1, 0.15) is 12.8 Å². The summed E-state index contributed by atoms with van der Waals surface area (Å²) in [5.41, 5.74) is 0.0594. The number of piperidine rings is 1. The molecule has 2 saturated heterocycles. The Hall–Kier alpha value is -1.64. The molecule has 2 aliphatic heterocycles. The third kappa shape index (κ3) is 4.25. The van der Waals surface area contributed by atoms with Gasteiger partial charge in [-0.25, -0.2) is 0 Å². The number of ether oxygens (including phenoxy) is 2. The SMILES string of the molecule is O=C(CSc1ccc([N+](=O)[O-])cc1)N1CCC(C2OCCO2)CC1. The third-order valence-electron chi connectivity index (χ3n) is 4.33. The molecule has 24 heavy (non-hydrogen) atoms. The van der Waals surface area contributed by atoms with Crippen molar-refractivity contribution in [1.82, 2.24) is 4.90 Å². The summed E-state index contributed by atoms with van der Waals surface area (Å²) in [5.74, 6) is 0.822. The molecule has 7 nitrogen and oxygen atoms in total. The van der Waals surface area contributed by atoms with Crippen LogP contribution in [-0.4, -0.2) is 54.1 Å². The fraction of sp³-hybridized carbons (Fsp3) is 0.562. The van der Waals surface area contributed by atoms with Crippen molar-refractivity contribution in [1.29, 1.82) is 0 Å². The van der Waals surface area contributed by atoms with E-state index in [-0.39, 0.29) is 17.9 Å². The second-order valence-corrected chi connectivity index (χ2v) is 6.92. The molecule has 0 atom stereocenters. The van der Waals surface area contributed by atoms with Crippen molar-refractivity contribution in [2.24, 2.45) is 5.92 Å². The molecular formula is C16H20N2O5S. The van der Waals surface area contributed by atoms with Gasteiger partial charge in [0.1, 0.15) is 0 Å². The van der Waals surface area contributed by atoms with Gasteiger partial charge >= 0.3 is 0 Å². The number of carbonyl (C=O) groups excluding carboxylic acids is 1. The van der Waals surface area contributed by atoms with Crippen LogP contribution >= 0.6 is 11.8 Å². The highest BCUT2D eigenvalue weighted by molar-refractivity contribution is 8.00. The van der Waals surface area contributed by atoms with E-state index in [9.17, 15) is 14.9 Å². The van der Waals surface area contributed by atoms with Gasteiger partial charge in [0, 0.05) is 36.0 Å². The maximum Gasteiger partial charge on any atom is 0.269 e. The van der Waals surface area contributed by atoms with Crippen molar-refractivity contribution < 1.29 is 19.2 Å². The maximum absolute atomic E-state index is 12.3. The molecule has 0 aromatic heterocycles. The van der Waals surface area contributed by atoms with Gasteiger partial charge in [0.25, 0.3) is 5.69 Å². The standard InChI is InChI=1S/C16H20N2O5S/c19-15(11-24-14-3-1-13(2-4-14)18(20)21)17-7-5-12(6-8-17)16-22-9-10-23-16/h1-4,12,16H,5-11H2. The van der Waals surface area contributed by atoms with Crippen molar-refractivity contribution in [3.05, 3.63) is 34.4 Å². The molecule has 0 aliphatic carbocycles. The number of carbonyl (C=O) groups is 1. The lowest BCUT2D eigenvalue weighted by Gasteiger charge is -2.33. The largest absolute Gasteiger partial charge is 0.350 e. The van der Waals surface area contributed by atoms with Crippen LogP contribution in [0.25, 0.3) is 0 Å². The Morgan fingerprint density at radius 1 is 1.21 bits per heavy atom. The van der Waals surface area contributed by atoms with Crippen LogP contribution in [-0.2, 0) is 14.3 Å². The Morgan fingerprint density at radius 2 is 1.83 bits per heavy atom. The summed E-state index contributed by atoms with van der Waals surface area (Å²) in [5, 5.41) is 10.6. The van der Waals surface area contributed by atoms with Gasteiger partial charge in [-0.3, -0.25) is 14.9 Å². The van der Waals surface area contributed by atoms with E-state index in [2.05, 4.69) is 0 Å². The van der Waals surface area contributed by atoms with E-state index in [0.717, 1.165) is 30.8 Å². The third-order valence-corrected chi connectivity index (χ3v) is 5.33. The Balaban J connectivity index is 1.43. The highest BCUT2D eigenvalue weighted by Gasteiger charge is 2.31. The first-order valence-electron chi connectivity index (χ1n) is 8.02. The second-order valence-electron chi connectivity index (χ2n) is 5.87. The first-order chi connectivity index (χ1) is 11.6. The Labute approximate surface area is 144 Å². The highest BCUT2D eigenvalue weighted by atomic mass is 32.2. The molecular weight excluding hydrogens is 332 g/mol. The average molecular weight is 352 g/mol. The van der Waals surface area contributed by atoms with Gasteiger partial charge < -0.3 is 14.4 Å². The molecule has 0 N–H and O–H groups in total. The van der Waals surface area contributed by atoms with Crippen molar-refractivity contribution in [2.45, 2.75) is 24.0 Å². The van der Waals surface area contributed by atoms with Gasteiger partial charge in [-0.15, -0.1) is 11.8 Å². The lowest BCUT2D eigenvalue weighted by molar-refractivity contribution is -0.384. The average Bonchev–Trinajstić information content (AvgIpc) is 3.15. The minimum Gasteiger partial charge on any atom is -0.350 e. The van der Waals surface area contributed by atoms with E-state index >= 15 is 0 Å². The molecule has 0 bridgehead atoms. The van der Waals surface area contributed by atoms with Gasteiger partial charge in [-0.05, 0) is 25.0 Å². The number of rotatable bonds is 5. The van der Waals surface area contributed by atoms with E-state index in [1.807, 2.05) is 4.90 Å². The molecule has 130 valence electrons. The summed E-state index contributed by atoms with van der Waals surface area (Å²) in [6.07, 6.45) is 1.70. The normalized spacial score (nSPS) is 19.6. The molecule has 1 aromatic rings. The summed E-state index contributed by atoms with van der Waals surface area (Å²) < 4.78 is 11.1. The fourth-order valence-corrected chi connectivity index (χ4v) is 3.77. The minimum atomic E-state index is -0.429. The van der Waals surface area contributed by atoms with Crippen molar-refractivity contribution in [2.75, 3.05) is 32.1 Å². The number of amides is 1. The maximum atomic E-state index is 12.3. The first-order valence-corrected chi connectivity index (χ1v) is 9.00. The first kappa shape index (κ1) is 17.2. The monoisotopic (exact) mass is 352 g/mol. The second kappa shape index (κ2) is 7.96. The van der Waals surface area contributed by atoms with Crippen molar-refractivity contribution in [3.8, 4) is 0 Å². The summed E-state index contributed by atoms with van der Waals surface area (Å²) >= 11 is 1.41. The Morgan fingerprint density at radius 3 is 2.42 bits per heavy atom. The lowest BCUT2D eigenvalue weighted by Crippen LogP contribution is -2.42. The molecule has 2 aliphatic rings. The zero-order valence-corrected chi connectivity index (χ0v) is 14.1. The van der Waals surface area contributed by atoms with Gasteiger partial charge in [0.2, 0.25) is 5.91 Å². The number of thioether (sulfide) groups is 1. The molecule has 1 aromatic carbocycles. The number of hydrogen-bond donors (Lipinski definition) is 0. The molecule has 3 rings (SSSR count). The Bertz CT molecular complexity index is 581. The fourth-order valence-electron chi connectivity index (χ4n) is 2.97. The summed E-state index contributed by atoms with van der Waals surface area (Å²) in [6, 6.07) is 6.27. The van der Waals surface area contributed by atoms with Gasteiger partial charge in [-0.1, -0.05) is 0 Å². The number of nitrogens with zero attached hydrogens (tertiary/aromatic N) is 2. The topological polar surface area (TPSA) is 81.9 Å². The predicted octanol–water partition coefficient (Wildman–Crippen LogP) is 2.30. The van der Waals surface area contributed by atoms with Crippen LogP contribution in [0.5, 0.6) is 0 Å². The number of likely N-dealkylation sites (tertiary alicyclic amines) is 1. The molecule has 0 unspecified atom stereocenters. The quantitative estimate of drug-likeness (QED) is 0.459. The Kier molecular flexibility index (Phi) is 5.70. The molecule has 0 spiro atoms. The van der Waals surface area contributed by atoms with Crippen LogP contribution in [0.2, 0.25) is 0 Å². The van der Waals surface area contributed by atoms with E-state index in [1.165, 1.54) is 23.9 Å². The molecule has 1 amide bonds. The smallest absolute Gasteiger partial charge is 0.269 e. The highest BCUT2D eigenvalue weighted by Crippen LogP contribution is 2.27.